The number of esters is 1. The first-order chi connectivity index (χ1) is 19.7. The van der Waals surface area contributed by atoms with Crippen molar-refractivity contribution in [2.45, 2.75) is 44.4 Å². The van der Waals surface area contributed by atoms with Crippen molar-refractivity contribution in [3.63, 3.8) is 0 Å². The molecule has 12 heteroatoms. The van der Waals surface area contributed by atoms with Crippen LogP contribution in [0.15, 0.2) is 36.4 Å². The molecule has 3 unspecified atom stereocenters. The largest absolute Gasteiger partial charge is 0.465 e. The van der Waals surface area contributed by atoms with Crippen LogP contribution in [0.3, 0.4) is 0 Å². The number of aromatic nitrogens is 2. The minimum atomic E-state index is -1.37. The number of methoxy groups -OCH3 is 1. The summed E-state index contributed by atoms with van der Waals surface area (Å²) in [7, 11) is 1.37. The summed E-state index contributed by atoms with van der Waals surface area (Å²) >= 11 is 5.88. The first-order valence-corrected chi connectivity index (χ1v) is 14.1. The molecule has 0 bridgehead atoms. The summed E-state index contributed by atoms with van der Waals surface area (Å²) in [6, 6.07) is 9.67. The third-order valence-electron chi connectivity index (χ3n) is 8.05. The monoisotopic (exact) mass is 586 g/mol. The number of benzene rings is 2. The topological polar surface area (TPSA) is 95.4 Å². The van der Waals surface area contributed by atoms with Gasteiger partial charge in [0.15, 0.2) is 11.9 Å². The van der Waals surface area contributed by atoms with Crippen LogP contribution in [0, 0.1) is 5.82 Å². The van der Waals surface area contributed by atoms with Crippen molar-refractivity contribution in [3.05, 3.63) is 64.2 Å². The molecule has 0 radical (unpaired) electrons. The van der Waals surface area contributed by atoms with Crippen LogP contribution >= 0.6 is 11.6 Å². The van der Waals surface area contributed by atoms with Crippen molar-refractivity contribution < 1.29 is 32.9 Å². The molecule has 3 aliphatic heterocycles. The van der Waals surface area contributed by atoms with E-state index in [4.69, 9.17) is 35.5 Å². The number of ether oxygens (including phenoxy) is 4. The summed E-state index contributed by atoms with van der Waals surface area (Å²) in [6.07, 6.45) is 0.271. The predicted molar refractivity (Wildman–Crippen MR) is 147 cm³/mol. The number of rotatable bonds is 7. The van der Waals surface area contributed by atoms with Gasteiger partial charge in [-0.1, -0.05) is 11.6 Å². The summed E-state index contributed by atoms with van der Waals surface area (Å²) in [5.74, 6) is -1.60. The highest BCUT2D eigenvalue weighted by Gasteiger charge is 2.45. The van der Waals surface area contributed by atoms with Crippen molar-refractivity contribution in [1.29, 1.82) is 0 Å². The third-order valence-corrected chi connectivity index (χ3v) is 8.29. The number of nitrogens with zero attached hydrogens (tertiary/aromatic N) is 4. The summed E-state index contributed by atoms with van der Waals surface area (Å²) < 4.78 is 39.0. The van der Waals surface area contributed by atoms with Gasteiger partial charge in [-0.3, -0.25) is 9.69 Å². The number of hydrogen-bond acceptors (Lipinski definition) is 8. The Hall–Kier alpha value is -3.09. The van der Waals surface area contributed by atoms with E-state index in [0.29, 0.717) is 44.8 Å². The zero-order chi connectivity index (χ0) is 28.7. The lowest BCUT2D eigenvalue weighted by Gasteiger charge is -2.36. The van der Waals surface area contributed by atoms with Crippen LogP contribution in [0.4, 0.5) is 4.39 Å². The standard InChI is InChI=1S/C29H32ClFN4O6/c1-29(21-5-4-19(30)14-22(21)31)40-17-25(41-29)27(36)34-10-8-33(9-11-34)16-26-32-23-6-3-18(28(37)38-2)13-24(23)35(26)15-20-7-12-39-20/h3-6,13-14,20,25H,7-12,15-17H2,1-2H3. The zero-order valence-electron chi connectivity index (χ0n) is 23.0. The van der Waals surface area contributed by atoms with Gasteiger partial charge in [0.1, 0.15) is 11.6 Å². The van der Waals surface area contributed by atoms with Crippen LogP contribution in [0.1, 0.15) is 35.1 Å². The molecule has 218 valence electrons. The van der Waals surface area contributed by atoms with Crippen LogP contribution in [0.5, 0.6) is 0 Å². The number of piperazine rings is 1. The van der Waals surface area contributed by atoms with E-state index < -0.39 is 23.7 Å². The van der Waals surface area contributed by atoms with Crippen molar-refractivity contribution in [2.75, 3.05) is 46.5 Å². The van der Waals surface area contributed by atoms with E-state index in [1.54, 1.807) is 24.0 Å². The Morgan fingerprint density at radius 3 is 2.63 bits per heavy atom. The lowest BCUT2D eigenvalue weighted by atomic mass is 10.1. The number of halogens is 2. The summed E-state index contributed by atoms with van der Waals surface area (Å²) in [5.41, 5.74) is 2.35. The van der Waals surface area contributed by atoms with Gasteiger partial charge < -0.3 is 28.4 Å². The molecule has 10 nitrogen and oxygen atoms in total. The Labute approximate surface area is 241 Å². The Bertz CT molecular complexity index is 1470. The number of carbonyl (C=O) groups excluding carboxylic acids is 2. The Balaban J connectivity index is 1.11. The van der Waals surface area contributed by atoms with E-state index in [1.807, 2.05) is 12.1 Å². The molecule has 1 aromatic heterocycles. The molecule has 0 N–H and O–H groups in total. The normalized spacial score (nSPS) is 24.9. The van der Waals surface area contributed by atoms with Gasteiger partial charge in [-0.05, 0) is 49.7 Å². The molecule has 0 aliphatic carbocycles. The molecule has 4 heterocycles. The quantitative estimate of drug-likeness (QED) is 0.389. The maximum Gasteiger partial charge on any atom is 0.337 e. The van der Waals surface area contributed by atoms with E-state index in [2.05, 4.69) is 9.47 Å². The molecule has 6 rings (SSSR count). The summed E-state index contributed by atoms with van der Waals surface area (Å²) in [4.78, 5) is 34.3. The molecule has 2 aromatic carbocycles. The minimum absolute atomic E-state index is 0.0401. The van der Waals surface area contributed by atoms with E-state index in [1.165, 1.54) is 19.2 Å². The van der Waals surface area contributed by atoms with Crippen LogP contribution < -0.4 is 0 Å². The number of hydrogen-bond donors (Lipinski definition) is 0. The van der Waals surface area contributed by atoms with Gasteiger partial charge >= 0.3 is 5.97 Å². The van der Waals surface area contributed by atoms with Crippen molar-refractivity contribution in [3.8, 4) is 0 Å². The van der Waals surface area contributed by atoms with E-state index in [9.17, 15) is 14.0 Å². The lowest BCUT2D eigenvalue weighted by molar-refractivity contribution is -0.175. The first-order valence-electron chi connectivity index (χ1n) is 13.7. The minimum Gasteiger partial charge on any atom is -0.465 e. The SMILES string of the molecule is COC(=O)c1ccc2nc(CN3CCN(C(=O)C4COC(C)(c5ccc(Cl)cc5F)O4)CC3)n(CC3CCO3)c2c1. The van der Waals surface area contributed by atoms with Crippen LogP contribution in [0.25, 0.3) is 11.0 Å². The number of fused-ring (bicyclic) bond motifs is 1. The van der Waals surface area contributed by atoms with E-state index in [0.717, 1.165) is 29.9 Å². The maximum atomic E-state index is 14.5. The fourth-order valence-corrected chi connectivity index (χ4v) is 5.76. The molecule has 3 aliphatic rings. The molecule has 3 aromatic rings. The number of amides is 1. The highest BCUT2D eigenvalue weighted by Crippen LogP contribution is 2.36. The summed E-state index contributed by atoms with van der Waals surface area (Å²) in [5, 5.41) is 0.274. The highest BCUT2D eigenvalue weighted by atomic mass is 35.5. The van der Waals surface area contributed by atoms with Gasteiger partial charge in [-0.2, -0.15) is 0 Å². The fraction of sp³-hybridized carbons (Fsp3) is 0.483. The van der Waals surface area contributed by atoms with Crippen LogP contribution in [-0.2, 0) is 42.6 Å². The molecule has 0 saturated carbocycles. The third kappa shape index (κ3) is 5.56. The Kier molecular flexibility index (Phi) is 7.73. The second-order valence-electron chi connectivity index (χ2n) is 10.7. The molecule has 3 fully saturated rings. The first kappa shape index (κ1) is 28.0. The van der Waals surface area contributed by atoms with E-state index >= 15 is 0 Å². The van der Waals surface area contributed by atoms with Crippen molar-refractivity contribution in [2.24, 2.45) is 0 Å². The molecular formula is C29H32ClFN4O6. The molecule has 3 atom stereocenters. The van der Waals surface area contributed by atoms with Crippen molar-refractivity contribution in [1.82, 2.24) is 19.4 Å². The van der Waals surface area contributed by atoms with Gasteiger partial charge in [0.05, 0.1) is 49.5 Å². The molecule has 41 heavy (non-hydrogen) atoms. The fourth-order valence-electron chi connectivity index (χ4n) is 5.60. The molecular weight excluding hydrogens is 555 g/mol. The van der Waals surface area contributed by atoms with Gasteiger partial charge in [0.25, 0.3) is 5.91 Å². The second kappa shape index (κ2) is 11.3. The zero-order valence-corrected chi connectivity index (χ0v) is 23.7. The number of carbonyl (C=O) groups is 2. The number of imidazole rings is 1. The van der Waals surface area contributed by atoms with Crippen molar-refractivity contribution >= 4 is 34.5 Å². The Morgan fingerprint density at radius 2 is 1.95 bits per heavy atom. The van der Waals surface area contributed by atoms with Gasteiger partial charge in [0.2, 0.25) is 0 Å². The van der Waals surface area contributed by atoms with Crippen LogP contribution in [0.2, 0.25) is 5.02 Å². The van der Waals surface area contributed by atoms with Gasteiger partial charge in [0, 0.05) is 43.4 Å². The summed E-state index contributed by atoms with van der Waals surface area (Å²) in [6.45, 7) is 5.98. The average molecular weight is 587 g/mol. The second-order valence-corrected chi connectivity index (χ2v) is 11.1. The molecule has 0 spiro atoms. The van der Waals surface area contributed by atoms with Gasteiger partial charge in [-0.25, -0.2) is 14.2 Å². The van der Waals surface area contributed by atoms with E-state index in [-0.39, 0.29) is 29.2 Å². The highest BCUT2D eigenvalue weighted by molar-refractivity contribution is 6.30. The van der Waals surface area contributed by atoms with Gasteiger partial charge in [-0.15, -0.1) is 0 Å². The van der Waals surface area contributed by atoms with Crippen LogP contribution in [-0.4, -0.2) is 89.9 Å². The molecule has 1 amide bonds. The smallest absolute Gasteiger partial charge is 0.337 e. The molecule has 3 saturated heterocycles. The maximum absolute atomic E-state index is 14.5. The predicted octanol–water partition coefficient (Wildman–Crippen LogP) is 3.34. The average Bonchev–Trinajstić information content (AvgIpc) is 3.50. The lowest BCUT2D eigenvalue weighted by Crippen LogP contribution is -2.51. The Morgan fingerprint density at radius 1 is 1.17 bits per heavy atom.